The summed E-state index contributed by atoms with van der Waals surface area (Å²) >= 11 is 0. The highest BCUT2D eigenvalue weighted by Crippen LogP contribution is 2.74. The van der Waals surface area contributed by atoms with E-state index >= 15 is 0 Å². The molecule has 1 aliphatic heterocycles. The van der Waals surface area contributed by atoms with Crippen LogP contribution in [0.15, 0.2) is 11.6 Å². The van der Waals surface area contributed by atoms with Gasteiger partial charge in [0.05, 0.1) is 13.2 Å². The fraction of sp³-hybridized carbons (Fsp3) is 0.862. The monoisotopic (exact) mass is 488 g/mol. The van der Waals surface area contributed by atoms with Crippen LogP contribution in [0.3, 0.4) is 0 Å². The van der Waals surface area contributed by atoms with Gasteiger partial charge in [0.15, 0.2) is 6.29 Å². The number of allylic oxidation sites excluding steroid dienone is 1. The van der Waals surface area contributed by atoms with E-state index < -0.39 is 6.29 Å². The van der Waals surface area contributed by atoms with Crippen molar-refractivity contribution in [3.8, 4) is 0 Å². The molecule has 5 rings (SSSR count). The highest BCUT2D eigenvalue weighted by atomic mass is 16.6. The first kappa shape index (κ1) is 25.3. The maximum atomic E-state index is 12.4. The van der Waals surface area contributed by atoms with Gasteiger partial charge in [-0.2, -0.15) is 0 Å². The third-order valence-electron chi connectivity index (χ3n) is 11.7. The van der Waals surface area contributed by atoms with Gasteiger partial charge in [0, 0.05) is 30.6 Å². The summed E-state index contributed by atoms with van der Waals surface area (Å²) in [4.78, 5) is 24.1. The number of rotatable bonds is 3. The Labute approximate surface area is 210 Å². The predicted molar refractivity (Wildman–Crippen MR) is 131 cm³/mol. The molecule has 4 aliphatic carbocycles. The van der Waals surface area contributed by atoms with Gasteiger partial charge in [0.2, 0.25) is 0 Å². The third kappa shape index (κ3) is 3.56. The van der Waals surface area contributed by atoms with E-state index in [0.29, 0.717) is 31.0 Å². The zero-order chi connectivity index (χ0) is 25.4. The topological polar surface area (TPSA) is 82.1 Å². The molecule has 5 aliphatic rings. The van der Waals surface area contributed by atoms with Crippen LogP contribution in [0.5, 0.6) is 0 Å². The zero-order valence-corrected chi connectivity index (χ0v) is 22.4. The Balaban J connectivity index is 1.56. The van der Waals surface area contributed by atoms with E-state index in [2.05, 4.69) is 33.8 Å². The lowest BCUT2D eigenvalue weighted by atomic mass is 9.34. The zero-order valence-electron chi connectivity index (χ0n) is 22.4. The fourth-order valence-electron chi connectivity index (χ4n) is 10.3. The summed E-state index contributed by atoms with van der Waals surface area (Å²) in [6, 6.07) is 0. The predicted octanol–water partition coefficient (Wildman–Crippen LogP) is 5.03. The molecule has 1 saturated heterocycles. The first-order valence-electron chi connectivity index (χ1n) is 13.7. The maximum absolute atomic E-state index is 12.4. The highest BCUT2D eigenvalue weighted by molar-refractivity contribution is 5.66. The molecular formula is C29H44O6. The Bertz CT molecular complexity index is 928. The number of esters is 2. The summed E-state index contributed by atoms with van der Waals surface area (Å²) in [5, 5.41) is 10.9. The van der Waals surface area contributed by atoms with Crippen molar-refractivity contribution in [2.75, 3.05) is 13.2 Å². The minimum absolute atomic E-state index is 0.0349. The van der Waals surface area contributed by atoms with Crippen LogP contribution >= 0.6 is 0 Å². The van der Waals surface area contributed by atoms with Crippen molar-refractivity contribution >= 4 is 11.9 Å². The van der Waals surface area contributed by atoms with Crippen LogP contribution in [0.25, 0.3) is 0 Å². The van der Waals surface area contributed by atoms with Crippen molar-refractivity contribution in [2.45, 2.75) is 98.9 Å². The third-order valence-corrected chi connectivity index (χ3v) is 11.7. The van der Waals surface area contributed by atoms with E-state index in [1.54, 1.807) is 0 Å². The van der Waals surface area contributed by atoms with Crippen LogP contribution in [0, 0.1) is 45.3 Å². The second kappa shape index (κ2) is 8.31. The molecule has 6 nitrogen and oxygen atoms in total. The molecule has 1 heterocycles. The molecule has 0 spiro atoms. The number of fused-ring (bicyclic) bond motifs is 7. The molecule has 0 unspecified atom stereocenters. The van der Waals surface area contributed by atoms with E-state index in [-0.39, 0.29) is 45.6 Å². The SMILES string of the molecule is CC(=O)OC[C@]1(C)CCC[C@]2(C)[C@H]3C[C@H](OC(C)=O)[C@]4(C)[C@@H]5C(=CC[C@H]4[C@@]3(C)CC[C@@H]12)CO[C@H]5O. The standard InChI is InChI=1S/C29H44O6/c1-17(30)34-16-26(3)11-7-12-27(4)20(26)10-13-28(5)21-9-8-19-15-33-25(32)24(19)29(21,6)23(14-22(27)28)35-18(2)31/h8,20-25,32H,7,9-16H2,1-6H3/t20-,21-,22+,23-,24+,25+,26-,27-,28+,29+/m0/s1. The van der Waals surface area contributed by atoms with Crippen LogP contribution in [0.2, 0.25) is 0 Å². The van der Waals surface area contributed by atoms with E-state index in [1.165, 1.54) is 19.4 Å². The summed E-state index contributed by atoms with van der Waals surface area (Å²) in [6.07, 6.45) is 8.54. The van der Waals surface area contributed by atoms with E-state index in [1.807, 2.05) is 0 Å². The molecule has 35 heavy (non-hydrogen) atoms. The number of ether oxygens (including phenoxy) is 3. The van der Waals surface area contributed by atoms with Crippen LogP contribution in [-0.2, 0) is 23.8 Å². The lowest BCUT2D eigenvalue weighted by molar-refractivity contribution is -0.256. The summed E-state index contributed by atoms with van der Waals surface area (Å²) in [5.74, 6) is 0.562. The van der Waals surface area contributed by atoms with Gasteiger partial charge in [0.25, 0.3) is 0 Å². The minimum atomic E-state index is -0.846. The molecule has 0 bridgehead atoms. The summed E-state index contributed by atoms with van der Waals surface area (Å²) in [5.41, 5.74) is 0.916. The molecule has 0 radical (unpaired) electrons. The first-order valence-corrected chi connectivity index (χ1v) is 13.7. The molecule has 6 heteroatoms. The van der Waals surface area contributed by atoms with E-state index in [9.17, 15) is 14.7 Å². The summed E-state index contributed by atoms with van der Waals surface area (Å²) in [7, 11) is 0. The second-order valence-corrected chi connectivity index (χ2v) is 13.4. The van der Waals surface area contributed by atoms with Crippen LogP contribution < -0.4 is 0 Å². The molecule has 0 aromatic carbocycles. The first-order chi connectivity index (χ1) is 16.4. The molecule has 0 aromatic heterocycles. The Hall–Kier alpha value is -1.40. The van der Waals surface area contributed by atoms with Gasteiger partial charge in [-0.05, 0) is 72.7 Å². The Kier molecular flexibility index (Phi) is 5.99. The molecule has 196 valence electrons. The Morgan fingerprint density at radius 3 is 2.43 bits per heavy atom. The van der Waals surface area contributed by atoms with Crippen LogP contribution in [-0.4, -0.2) is 42.7 Å². The van der Waals surface area contributed by atoms with Gasteiger partial charge < -0.3 is 19.3 Å². The van der Waals surface area contributed by atoms with Crippen molar-refractivity contribution in [1.29, 1.82) is 0 Å². The van der Waals surface area contributed by atoms with Gasteiger partial charge in [0.1, 0.15) is 6.10 Å². The lowest BCUT2D eigenvalue weighted by Crippen LogP contribution is -2.67. The quantitative estimate of drug-likeness (QED) is 0.443. The number of carbonyl (C=O) groups is 2. The minimum Gasteiger partial charge on any atom is -0.465 e. The van der Waals surface area contributed by atoms with Gasteiger partial charge in [-0.3, -0.25) is 9.59 Å². The largest absolute Gasteiger partial charge is 0.465 e. The van der Waals surface area contributed by atoms with Gasteiger partial charge >= 0.3 is 11.9 Å². The van der Waals surface area contributed by atoms with Crippen molar-refractivity contribution in [1.82, 2.24) is 0 Å². The molecule has 0 aromatic rings. The average Bonchev–Trinajstić information content (AvgIpc) is 3.15. The number of hydrogen-bond donors (Lipinski definition) is 1. The van der Waals surface area contributed by atoms with Gasteiger partial charge in [-0.1, -0.05) is 40.2 Å². The summed E-state index contributed by atoms with van der Waals surface area (Å²) in [6.45, 7) is 13.5. The van der Waals surface area contributed by atoms with Crippen molar-refractivity contribution in [3.05, 3.63) is 11.6 Å². The van der Waals surface area contributed by atoms with Crippen molar-refractivity contribution < 1.29 is 28.9 Å². The van der Waals surface area contributed by atoms with Crippen molar-refractivity contribution in [2.24, 2.45) is 45.3 Å². The Morgan fingerprint density at radius 1 is 1.03 bits per heavy atom. The second-order valence-electron chi connectivity index (χ2n) is 13.4. The molecule has 3 saturated carbocycles. The Morgan fingerprint density at radius 2 is 1.74 bits per heavy atom. The molecule has 4 fully saturated rings. The number of aliphatic hydroxyl groups is 1. The maximum Gasteiger partial charge on any atom is 0.302 e. The van der Waals surface area contributed by atoms with Crippen LogP contribution in [0.4, 0.5) is 0 Å². The molecular weight excluding hydrogens is 444 g/mol. The van der Waals surface area contributed by atoms with E-state index in [4.69, 9.17) is 14.2 Å². The normalized spacial score (nSPS) is 50.7. The van der Waals surface area contributed by atoms with Crippen LogP contribution in [0.1, 0.15) is 86.5 Å². The number of aliphatic hydroxyl groups excluding tert-OH is 1. The molecule has 10 atom stereocenters. The number of hydrogen-bond acceptors (Lipinski definition) is 6. The van der Waals surface area contributed by atoms with Gasteiger partial charge in [-0.25, -0.2) is 0 Å². The summed E-state index contributed by atoms with van der Waals surface area (Å²) < 4.78 is 17.5. The van der Waals surface area contributed by atoms with E-state index in [0.717, 1.165) is 44.9 Å². The number of carbonyl (C=O) groups excluding carboxylic acids is 2. The van der Waals surface area contributed by atoms with Gasteiger partial charge in [-0.15, -0.1) is 0 Å². The average molecular weight is 489 g/mol. The van der Waals surface area contributed by atoms with Crippen molar-refractivity contribution in [3.63, 3.8) is 0 Å². The molecule has 1 N–H and O–H groups in total. The lowest BCUT2D eigenvalue weighted by Gasteiger charge is -2.70. The fourth-order valence-corrected chi connectivity index (χ4v) is 10.3. The highest BCUT2D eigenvalue weighted by Gasteiger charge is 2.70. The smallest absolute Gasteiger partial charge is 0.302 e. The molecule has 0 amide bonds.